The molecule has 0 spiro atoms. The van der Waals surface area contributed by atoms with E-state index in [0.717, 1.165) is 46.5 Å². The maximum absolute atomic E-state index is 13.0. The summed E-state index contributed by atoms with van der Waals surface area (Å²) < 4.78 is 2.20. The number of aromatic amines is 1. The summed E-state index contributed by atoms with van der Waals surface area (Å²) in [6.45, 7) is 7.08. The fourth-order valence-corrected chi connectivity index (χ4v) is 3.91. The van der Waals surface area contributed by atoms with Gasteiger partial charge in [0.15, 0.2) is 0 Å². The fourth-order valence-electron chi connectivity index (χ4n) is 3.91. The molecule has 0 unspecified atom stereocenters. The van der Waals surface area contributed by atoms with Gasteiger partial charge in [-0.25, -0.2) is 4.98 Å². The first kappa shape index (κ1) is 21.1. The van der Waals surface area contributed by atoms with Crippen molar-refractivity contribution in [2.24, 2.45) is 0 Å². The largest absolute Gasteiger partial charge is 0.349 e. The van der Waals surface area contributed by atoms with Gasteiger partial charge in [0, 0.05) is 23.5 Å². The van der Waals surface area contributed by atoms with Crippen molar-refractivity contribution in [1.29, 1.82) is 5.26 Å². The highest BCUT2D eigenvalue weighted by molar-refractivity contribution is 6.11. The van der Waals surface area contributed by atoms with Crippen molar-refractivity contribution in [2.75, 3.05) is 5.32 Å². The molecule has 1 amide bonds. The third kappa shape index (κ3) is 4.06. The number of H-pyrrole nitrogens is 1. The number of carbonyl (C=O) groups excluding carboxylic acids is 1. The zero-order valence-electron chi connectivity index (χ0n) is 18.4. The van der Waals surface area contributed by atoms with Crippen molar-refractivity contribution in [2.45, 2.75) is 33.7 Å². The predicted molar refractivity (Wildman–Crippen MR) is 128 cm³/mol. The molecule has 4 rings (SSSR count). The van der Waals surface area contributed by atoms with Gasteiger partial charge < -0.3 is 14.9 Å². The van der Waals surface area contributed by atoms with Gasteiger partial charge in [-0.2, -0.15) is 5.26 Å². The highest BCUT2D eigenvalue weighted by atomic mass is 16.1. The monoisotopic (exact) mass is 423 g/mol. The number of nitrogens with one attached hydrogen (secondary N) is 2. The van der Waals surface area contributed by atoms with Crippen molar-refractivity contribution >= 4 is 28.7 Å². The molecule has 32 heavy (non-hydrogen) atoms. The Morgan fingerprint density at radius 3 is 2.69 bits per heavy atom. The Morgan fingerprint density at radius 2 is 1.94 bits per heavy atom. The Kier molecular flexibility index (Phi) is 5.91. The summed E-state index contributed by atoms with van der Waals surface area (Å²) in [5, 5.41) is 12.6. The van der Waals surface area contributed by atoms with Gasteiger partial charge >= 0.3 is 0 Å². The second kappa shape index (κ2) is 8.94. The molecule has 0 bridgehead atoms. The van der Waals surface area contributed by atoms with Crippen LogP contribution in [0.5, 0.6) is 0 Å². The van der Waals surface area contributed by atoms with E-state index in [1.807, 2.05) is 68.4 Å². The Labute approximate surface area is 187 Å². The van der Waals surface area contributed by atoms with Gasteiger partial charge in [-0.3, -0.25) is 4.79 Å². The molecule has 0 radical (unpaired) electrons. The number of rotatable bonds is 6. The van der Waals surface area contributed by atoms with Crippen LogP contribution < -0.4 is 5.32 Å². The fraction of sp³-hybridized carbons (Fsp3) is 0.192. The van der Waals surface area contributed by atoms with Crippen molar-refractivity contribution in [3.05, 3.63) is 77.1 Å². The molecule has 6 heteroatoms. The van der Waals surface area contributed by atoms with Gasteiger partial charge in [0.2, 0.25) is 0 Å². The van der Waals surface area contributed by atoms with Crippen molar-refractivity contribution in [3.8, 4) is 17.5 Å². The molecule has 2 N–H and O–H groups in total. The molecule has 0 atom stereocenters. The van der Waals surface area contributed by atoms with E-state index < -0.39 is 5.91 Å². The van der Waals surface area contributed by atoms with E-state index in [0.29, 0.717) is 11.5 Å². The van der Waals surface area contributed by atoms with Gasteiger partial charge in [0.1, 0.15) is 17.5 Å². The van der Waals surface area contributed by atoms with E-state index in [1.165, 1.54) is 0 Å². The van der Waals surface area contributed by atoms with Gasteiger partial charge in [0.25, 0.3) is 5.91 Å². The molecule has 2 aromatic heterocycles. The normalized spacial score (nSPS) is 11.5. The first-order chi connectivity index (χ1) is 15.5. The highest BCUT2D eigenvalue weighted by Gasteiger charge is 2.16. The molecular formula is C26H25N5O. The van der Waals surface area contributed by atoms with E-state index in [2.05, 4.69) is 32.8 Å². The number of carbonyl (C=O) groups is 1. The van der Waals surface area contributed by atoms with Gasteiger partial charge in [-0.15, -0.1) is 0 Å². The standard InChI is InChI=1S/C26H25N5O/c1-4-13-31-17(2)14-19(18(31)3)15-20(16-27)26(32)30-22-10-6-5-9-21(22)25-28-23-11-7-8-12-24(23)29-25/h5-12,14-15H,4,13H2,1-3H3,(H,28,29)(H,30,32)/b20-15+. The zero-order chi connectivity index (χ0) is 22.7. The predicted octanol–water partition coefficient (Wildman–Crippen LogP) is 5.60. The van der Waals surface area contributed by atoms with E-state index in [4.69, 9.17) is 0 Å². The van der Waals surface area contributed by atoms with E-state index in [1.54, 1.807) is 6.08 Å². The van der Waals surface area contributed by atoms with Gasteiger partial charge in [-0.05, 0) is 62.2 Å². The lowest BCUT2D eigenvalue weighted by atomic mass is 10.1. The summed E-state index contributed by atoms with van der Waals surface area (Å²) in [6, 6.07) is 19.3. The molecule has 0 saturated heterocycles. The Bertz CT molecular complexity index is 1330. The number of hydrogen-bond donors (Lipinski definition) is 2. The molecule has 0 aliphatic carbocycles. The molecule has 160 valence electrons. The summed E-state index contributed by atoms with van der Waals surface area (Å²) in [7, 11) is 0. The average molecular weight is 424 g/mol. The lowest BCUT2D eigenvalue weighted by Crippen LogP contribution is -2.14. The number of benzene rings is 2. The minimum absolute atomic E-state index is 0.0566. The van der Waals surface area contributed by atoms with E-state index in [9.17, 15) is 10.1 Å². The molecule has 0 saturated carbocycles. The van der Waals surface area contributed by atoms with Crippen LogP contribution in [0, 0.1) is 25.2 Å². The molecule has 4 aromatic rings. The molecule has 0 fully saturated rings. The third-order valence-electron chi connectivity index (χ3n) is 5.54. The molecule has 2 heterocycles. The number of anilines is 1. The number of aromatic nitrogens is 3. The van der Waals surface area contributed by atoms with Crippen LogP contribution in [-0.2, 0) is 11.3 Å². The summed E-state index contributed by atoms with van der Waals surface area (Å²) in [5.41, 5.74) is 6.22. The van der Waals surface area contributed by atoms with Crippen molar-refractivity contribution in [3.63, 3.8) is 0 Å². The Morgan fingerprint density at radius 1 is 1.19 bits per heavy atom. The van der Waals surface area contributed by atoms with Crippen LogP contribution in [0.4, 0.5) is 5.69 Å². The molecule has 6 nitrogen and oxygen atoms in total. The van der Waals surface area contributed by atoms with Crippen LogP contribution in [0.3, 0.4) is 0 Å². The lowest BCUT2D eigenvalue weighted by molar-refractivity contribution is -0.112. The van der Waals surface area contributed by atoms with Crippen molar-refractivity contribution in [1.82, 2.24) is 14.5 Å². The smallest absolute Gasteiger partial charge is 0.266 e. The number of para-hydroxylation sites is 3. The minimum atomic E-state index is -0.448. The van der Waals surface area contributed by atoms with Crippen LogP contribution >= 0.6 is 0 Å². The second-order valence-electron chi connectivity index (χ2n) is 7.75. The van der Waals surface area contributed by atoms with Crippen LogP contribution in [0.25, 0.3) is 28.5 Å². The number of amides is 1. The van der Waals surface area contributed by atoms with E-state index >= 15 is 0 Å². The molecule has 2 aromatic carbocycles. The highest BCUT2D eigenvalue weighted by Crippen LogP contribution is 2.28. The maximum atomic E-state index is 13.0. The molecule has 0 aliphatic heterocycles. The van der Waals surface area contributed by atoms with Gasteiger partial charge in [0.05, 0.1) is 16.7 Å². The molecular weight excluding hydrogens is 398 g/mol. The third-order valence-corrected chi connectivity index (χ3v) is 5.54. The SMILES string of the molecule is CCCn1c(C)cc(/C=C(\C#N)C(=O)Nc2ccccc2-c2nc3ccccc3[nH]2)c1C. The summed E-state index contributed by atoms with van der Waals surface area (Å²) >= 11 is 0. The Balaban J connectivity index is 1.65. The minimum Gasteiger partial charge on any atom is -0.349 e. The summed E-state index contributed by atoms with van der Waals surface area (Å²) in [5.74, 6) is 0.212. The number of nitrogens with zero attached hydrogens (tertiary/aromatic N) is 3. The van der Waals surface area contributed by atoms with Crippen LogP contribution in [0.15, 0.2) is 60.2 Å². The van der Waals surface area contributed by atoms with Crippen molar-refractivity contribution < 1.29 is 4.79 Å². The quantitative estimate of drug-likeness (QED) is 0.312. The molecule has 0 aliphatic rings. The lowest BCUT2D eigenvalue weighted by Gasteiger charge is -2.09. The van der Waals surface area contributed by atoms with Gasteiger partial charge in [-0.1, -0.05) is 31.2 Å². The number of aryl methyl sites for hydroxylation is 1. The van der Waals surface area contributed by atoms with E-state index in [-0.39, 0.29) is 5.57 Å². The maximum Gasteiger partial charge on any atom is 0.266 e. The van der Waals surface area contributed by atoms with Crippen LogP contribution in [0.2, 0.25) is 0 Å². The number of fused-ring (bicyclic) bond motifs is 1. The number of imidazole rings is 1. The Hall–Kier alpha value is -4.11. The number of nitriles is 1. The second-order valence-corrected chi connectivity index (χ2v) is 7.75. The van der Waals surface area contributed by atoms with Crippen LogP contribution in [-0.4, -0.2) is 20.4 Å². The first-order valence-electron chi connectivity index (χ1n) is 10.7. The number of hydrogen-bond acceptors (Lipinski definition) is 3. The topological polar surface area (TPSA) is 86.5 Å². The zero-order valence-corrected chi connectivity index (χ0v) is 18.4. The van der Waals surface area contributed by atoms with Crippen LogP contribution in [0.1, 0.15) is 30.3 Å². The first-order valence-corrected chi connectivity index (χ1v) is 10.7. The average Bonchev–Trinajstić information content (AvgIpc) is 3.34. The summed E-state index contributed by atoms with van der Waals surface area (Å²) in [4.78, 5) is 20.9. The summed E-state index contributed by atoms with van der Waals surface area (Å²) in [6.07, 6.45) is 2.68.